The van der Waals surface area contributed by atoms with Crippen LogP contribution in [0.25, 0.3) is 0 Å². The SMILES string of the molecule is CCCCCCCCCCCCCCCCCCOC(=O)CC[C@H](N)C(=O)[O-].CCCCCCCCCCCCCCCCCCOC(=O)CC[C@H](N)C(=O)[O-].[Na+].[Na+]. The minimum absolute atomic E-state index is 0. The summed E-state index contributed by atoms with van der Waals surface area (Å²) in [4.78, 5) is 43.8. The van der Waals surface area contributed by atoms with Crippen LogP contribution in [-0.2, 0) is 28.7 Å². The quantitative estimate of drug-likeness (QED) is 0.0525. The number of esters is 2. The van der Waals surface area contributed by atoms with Gasteiger partial charge in [0.1, 0.15) is 0 Å². The van der Waals surface area contributed by atoms with Gasteiger partial charge >= 0.3 is 71.1 Å². The Balaban J connectivity index is -0.000000486. The van der Waals surface area contributed by atoms with E-state index in [1.54, 1.807) is 0 Å². The van der Waals surface area contributed by atoms with E-state index in [1.807, 2.05) is 0 Å². The number of carboxylic acid groups (broad SMARTS) is 2. The monoisotopic (exact) mass is 843 g/mol. The Hall–Kier alpha value is -0.200. The van der Waals surface area contributed by atoms with Gasteiger partial charge in [0.15, 0.2) is 0 Å². The molecule has 2 atom stereocenters. The normalized spacial score (nSPS) is 11.7. The number of nitrogens with two attached hydrogens (primary N) is 2. The van der Waals surface area contributed by atoms with Crippen molar-refractivity contribution in [2.45, 2.75) is 257 Å². The molecule has 0 heterocycles. The van der Waals surface area contributed by atoms with Crippen LogP contribution in [0.5, 0.6) is 0 Å². The molecule has 0 radical (unpaired) electrons. The predicted octanol–water partition coefficient (Wildman–Crippen LogP) is 3.31. The van der Waals surface area contributed by atoms with E-state index < -0.39 is 24.0 Å². The van der Waals surface area contributed by atoms with Crippen molar-refractivity contribution in [3.63, 3.8) is 0 Å². The van der Waals surface area contributed by atoms with Crippen LogP contribution < -0.4 is 80.8 Å². The largest absolute Gasteiger partial charge is 1.00 e. The molecule has 0 fully saturated rings. The van der Waals surface area contributed by atoms with Crippen LogP contribution in [-0.4, -0.2) is 49.2 Å². The summed E-state index contributed by atoms with van der Waals surface area (Å²) in [7, 11) is 0. The van der Waals surface area contributed by atoms with Crippen LogP contribution in [0.15, 0.2) is 0 Å². The zero-order chi connectivity index (χ0) is 41.7. The molecular formula is C46H88N2Na2O8. The molecule has 0 aliphatic rings. The number of ether oxygens (including phenoxy) is 2. The van der Waals surface area contributed by atoms with E-state index in [4.69, 9.17) is 20.9 Å². The summed E-state index contributed by atoms with van der Waals surface area (Å²) in [5.41, 5.74) is 10.6. The maximum absolute atomic E-state index is 11.4. The van der Waals surface area contributed by atoms with E-state index in [9.17, 15) is 29.4 Å². The molecule has 0 aliphatic carbocycles. The van der Waals surface area contributed by atoms with Crippen molar-refractivity contribution in [1.82, 2.24) is 0 Å². The summed E-state index contributed by atoms with van der Waals surface area (Å²) < 4.78 is 10.2. The van der Waals surface area contributed by atoms with Gasteiger partial charge in [0, 0.05) is 24.9 Å². The molecule has 12 heteroatoms. The van der Waals surface area contributed by atoms with Gasteiger partial charge in [-0.3, -0.25) is 9.59 Å². The van der Waals surface area contributed by atoms with Crippen LogP contribution >= 0.6 is 0 Å². The summed E-state index contributed by atoms with van der Waals surface area (Å²) in [6, 6.07) is -2.19. The zero-order valence-electron chi connectivity index (χ0n) is 38.4. The number of rotatable bonds is 42. The predicted molar refractivity (Wildman–Crippen MR) is 225 cm³/mol. The summed E-state index contributed by atoms with van der Waals surface area (Å²) in [6.45, 7) is 5.36. The fraction of sp³-hybridized carbons (Fsp3) is 0.913. The molecular weight excluding hydrogens is 754 g/mol. The third-order valence-electron chi connectivity index (χ3n) is 10.4. The van der Waals surface area contributed by atoms with Crippen molar-refractivity contribution in [2.75, 3.05) is 13.2 Å². The molecule has 0 aromatic carbocycles. The first kappa shape index (κ1) is 64.4. The maximum atomic E-state index is 11.4. The second kappa shape index (κ2) is 52.9. The van der Waals surface area contributed by atoms with E-state index in [2.05, 4.69) is 13.8 Å². The molecule has 0 saturated heterocycles. The molecule has 0 amide bonds. The van der Waals surface area contributed by atoms with Gasteiger partial charge in [0.05, 0.1) is 25.2 Å². The van der Waals surface area contributed by atoms with E-state index in [0.29, 0.717) is 13.2 Å². The van der Waals surface area contributed by atoms with Crippen molar-refractivity contribution in [2.24, 2.45) is 11.5 Å². The zero-order valence-corrected chi connectivity index (χ0v) is 42.4. The first-order valence-corrected chi connectivity index (χ1v) is 23.4. The number of carboxylic acids is 2. The molecule has 0 aromatic heterocycles. The molecule has 4 N–H and O–H groups in total. The molecule has 332 valence electrons. The fourth-order valence-electron chi connectivity index (χ4n) is 6.60. The van der Waals surface area contributed by atoms with Crippen LogP contribution in [0.2, 0.25) is 0 Å². The van der Waals surface area contributed by atoms with Crippen molar-refractivity contribution < 1.29 is 98.0 Å². The molecule has 0 bridgehead atoms. The number of carbonyl (C=O) groups is 4. The van der Waals surface area contributed by atoms with Crippen molar-refractivity contribution in [3.8, 4) is 0 Å². The Labute approximate surface area is 400 Å². The first-order chi connectivity index (χ1) is 27.1. The van der Waals surface area contributed by atoms with Gasteiger partial charge in [0.25, 0.3) is 0 Å². The fourth-order valence-corrected chi connectivity index (χ4v) is 6.60. The second-order valence-electron chi connectivity index (χ2n) is 16.0. The minimum Gasteiger partial charge on any atom is -0.548 e. The van der Waals surface area contributed by atoms with E-state index in [0.717, 1.165) is 25.7 Å². The van der Waals surface area contributed by atoms with Crippen molar-refractivity contribution >= 4 is 23.9 Å². The third kappa shape index (κ3) is 53.8. The Morgan fingerprint density at radius 2 is 0.569 bits per heavy atom. The van der Waals surface area contributed by atoms with Crippen LogP contribution in [0.1, 0.15) is 245 Å². The number of unbranched alkanes of at least 4 members (excludes halogenated alkanes) is 30. The molecule has 58 heavy (non-hydrogen) atoms. The third-order valence-corrected chi connectivity index (χ3v) is 10.4. The second-order valence-corrected chi connectivity index (χ2v) is 16.0. The van der Waals surface area contributed by atoms with Crippen molar-refractivity contribution in [1.29, 1.82) is 0 Å². The molecule has 0 aromatic rings. The van der Waals surface area contributed by atoms with Gasteiger partial charge in [-0.1, -0.05) is 206 Å². The summed E-state index contributed by atoms with van der Waals surface area (Å²) in [6.07, 6.45) is 42.1. The number of hydrogen-bond acceptors (Lipinski definition) is 10. The first-order valence-electron chi connectivity index (χ1n) is 23.4. The van der Waals surface area contributed by atoms with Crippen molar-refractivity contribution in [3.05, 3.63) is 0 Å². The Morgan fingerprint density at radius 1 is 0.379 bits per heavy atom. The standard InChI is InChI=1S/2C23H45NO4.2Na/c2*1-2-3-4-5-6-7-8-9-10-11-12-13-14-15-16-17-20-28-22(25)19-18-21(24)23(26)27;;/h2*21H,2-20,24H2,1H3,(H,26,27);;/q;;2*+1/p-2/t2*21-;;/m00../s1. The Bertz CT molecular complexity index is 830. The van der Waals surface area contributed by atoms with Crippen LogP contribution in [0.3, 0.4) is 0 Å². The van der Waals surface area contributed by atoms with Crippen LogP contribution in [0.4, 0.5) is 0 Å². The van der Waals surface area contributed by atoms with Gasteiger partial charge in [-0.25, -0.2) is 0 Å². The maximum Gasteiger partial charge on any atom is 1.00 e. The molecule has 0 rings (SSSR count). The average Bonchev–Trinajstić information content (AvgIpc) is 3.18. The smallest absolute Gasteiger partial charge is 0.548 e. The number of carbonyl (C=O) groups excluding carboxylic acids is 4. The van der Waals surface area contributed by atoms with E-state index in [1.165, 1.54) is 180 Å². The van der Waals surface area contributed by atoms with E-state index >= 15 is 0 Å². The molecule has 10 nitrogen and oxygen atoms in total. The molecule has 0 saturated carbocycles. The Morgan fingerprint density at radius 3 is 0.759 bits per heavy atom. The minimum atomic E-state index is -1.33. The summed E-state index contributed by atoms with van der Waals surface area (Å²) >= 11 is 0. The molecule has 0 aliphatic heterocycles. The topological polar surface area (TPSA) is 185 Å². The van der Waals surface area contributed by atoms with E-state index in [-0.39, 0.29) is 96.7 Å². The Kier molecular flexibility index (Phi) is 58.8. The summed E-state index contributed by atoms with van der Waals surface area (Å²) in [5.74, 6) is -3.41. The van der Waals surface area contributed by atoms with Gasteiger partial charge in [-0.05, 0) is 25.7 Å². The van der Waals surface area contributed by atoms with Gasteiger partial charge < -0.3 is 40.7 Å². The van der Waals surface area contributed by atoms with Crippen LogP contribution in [0, 0.1) is 0 Å². The van der Waals surface area contributed by atoms with Gasteiger partial charge in [-0.2, -0.15) is 0 Å². The van der Waals surface area contributed by atoms with Gasteiger partial charge in [-0.15, -0.1) is 0 Å². The molecule has 0 spiro atoms. The molecule has 0 unspecified atom stereocenters. The van der Waals surface area contributed by atoms with Gasteiger partial charge in [0.2, 0.25) is 0 Å². The number of aliphatic carboxylic acids is 2. The number of hydrogen-bond donors (Lipinski definition) is 2. The summed E-state index contributed by atoms with van der Waals surface area (Å²) in [5, 5.41) is 20.9. The average molecular weight is 843 g/mol.